The Morgan fingerprint density at radius 3 is 2.35 bits per heavy atom. The minimum Gasteiger partial charge on any atom is -0.346 e. The lowest BCUT2D eigenvalue weighted by Gasteiger charge is -2.28. The minimum absolute atomic E-state index is 0.0595. The first-order valence-electron chi connectivity index (χ1n) is 11.3. The van der Waals surface area contributed by atoms with Crippen molar-refractivity contribution in [2.24, 2.45) is 10.7 Å². The summed E-state index contributed by atoms with van der Waals surface area (Å²) in [6.45, 7) is 1.32. The Morgan fingerprint density at radius 1 is 1.00 bits per heavy atom. The Morgan fingerprint density at radius 2 is 1.68 bits per heavy atom. The van der Waals surface area contributed by atoms with Crippen LogP contribution >= 0.6 is 0 Å². The summed E-state index contributed by atoms with van der Waals surface area (Å²) in [6.07, 6.45) is -0.416. The molecule has 3 aromatic rings. The molecule has 2 atom stereocenters. The van der Waals surface area contributed by atoms with Gasteiger partial charge in [0.25, 0.3) is 5.91 Å². The van der Waals surface area contributed by atoms with Crippen LogP contribution < -0.4 is 16.0 Å². The van der Waals surface area contributed by atoms with Gasteiger partial charge in [0.15, 0.2) is 0 Å². The van der Waals surface area contributed by atoms with Crippen molar-refractivity contribution in [3.05, 3.63) is 101 Å². The number of para-hydroxylation sites is 1. The molecule has 0 bridgehead atoms. The fourth-order valence-electron chi connectivity index (χ4n) is 4.22. The predicted molar refractivity (Wildman–Crippen MR) is 131 cm³/mol. The molecule has 190 valence electrons. The van der Waals surface area contributed by atoms with Crippen LogP contribution in [0.2, 0.25) is 0 Å². The van der Waals surface area contributed by atoms with Crippen LogP contribution in [0.25, 0.3) is 0 Å². The average Bonchev–Trinajstić information content (AvgIpc) is 2.92. The number of hydrogen-bond acceptors (Lipinski definition) is 5. The molecule has 1 aliphatic heterocycles. The van der Waals surface area contributed by atoms with Crippen molar-refractivity contribution < 1.29 is 27.6 Å². The van der Waals surface area contributed by atoms with Gasteiger partial charge in [-0.1, -0.05) is 30.3 Å². The zero-order chi connectivity index (χ0) is 26.9. The molecular weight excluding hydrogens is 485 g/mol. The third-order valence-corrected chi connectivity index (χ3v) is 5.97. The van der Waals surface area contributed by atoms with Crippen molar-refractivity contribution in [2.75, 3.05) is 11.9 Å². The van der Waals surface area contributed by atoms with Crippen molar-refractivity contribution in [2.45, 2.75) is 25.0 Å². The number of benzodiazepines with no additional fused rings is 1. The van der Waals surface area contributed by atoms with Crippen molar-refractivity contribution in [3.63, 3.8) is 0 Å². The maximum atomic E-state index is 14.1. The second-order valence-electron chi connectivity index (χ2n) is 8.73. The van der Waals surface area contributed by atoms with Gasteiger partial charge in [0.1, 0.15) is 17.5 Å². The predicted octanol–water partition coefficient (Wildman–Crippen LogP) is 2.89. The number of fused-ring (bicyclic) bond motifs is 1. The van der Waals surface area contributed by atoms with E-state index in [9.17, 15) is 27.6 Å². The number of amides is 2. The van der Waals surface area contributed by atoms with E-state index in [0.717, 1.165) is 12.1 Å². The second kappa shape index (κ2) is 9.98. The van der Waals surface area contributed by atoms with Crippen LogP contribution in [0.3, 0.4) is 0 Å². The molecule has 0 saturated heterocycles. The largest absolute Gasteiger partial charge is 0.346 e. The molecule has 0 fully saturated rings. The van der Waals surface area contributed by atoms with E-state index in [0.29, 0.717) is 22.9 Å². The average molecular weight is 509 g/mol. The molecule has 37 heavy (non-hydrogen) atoms. The number of hydrogen-bond donors (Lipinski definition) is 2. The van der Waals surface area contributed by atoms with E-state index in [1.807, 2.05) is 0 Å². The lowest BCUT2D eigenvalue weighted by Crippen LogP contribution is -2.63. The third-order valence-electron chi connectivity index (χ3n) is 5.97. The smallest absolute Gasteiger partial charge is 0.277 e. The zero-order valence-electron chi connectivity index (χ0n) is 20.0. The fourth-order valence-corrected chi connectivity index (χ4v) is 4.22. The van der Waals surface area contributed by atoms with Gasteiger partial charge in [0.05, 0.1) is 23.9 Å². The summed E-state index contributed by atoms with van der Waals surface area (Å²) in [6, 6.07) is 13.6. The summed E-state index contributed by atoms with van der Waals surface area (Å²) >= 11 is 0. The Bertz CT molecular complexity index is 1420. The number of nitrogens with two attached hydrogens (primary N) is 1. The standard InChI is InChI=1S/C27H23F3N4O3/c1-15(32-23(35)12-16-10-19(29)14-20(30)11-16)25(36)27(31)26(37)34(2)22-9-4-3-8-21(22)24(33-27)17-6-5-7-18(28)13-17/h3-11,13-15H,12,31H2,1-2H3,(H,32,35)/t15-,27?/m0/s1. The third kappa shape index (κ3) is 5.14. The van der Waals surface area contributed by atoms with Gasteiger partial charge in [-0.15, -0.1) is 0 Å². The summed E-state index contributed by atoms with van der Waals surface area (Å²) in [7, 11) is 1.43. The van der Waals surface area contributed by atoms with Crippen LogP contribution in [0.15, 0.2) is 71.7 Å². The Balaban J connectivity index is 1.69. The summed E-state index contributed by atoms with van der Waals surface area (Å²) in [5, 5.41) is 2.42. The molecular formula is C27H23F3N4O3. The molecule has 2 amide bonds. The highest BCUT2D eigenvalue weighted by atomic mass is 19.1. The fraction of sp³-hybridized carbons (Fsp3) is 0.185. The van der Waals surface area contributed by atoms with Crippen LogP contribution in [0.5, 0.6) is 0 Å². The van der Waals surface area contributed by atoms with Crippen molar-refractivity contribution >= 4 is 29.0 Å². The molecule has 0 aromatic heterocycles. The highest BCUT2D eigenvalue weighted by Gasteiger charge is 2.48. The van der Waals surface area contributed by atoms with E-state index in [1.165, 1.54) is 37.1 Å². The number of halogens is 3. The molecule has 0 saturated carbocycles. The van der Waals surface area contributed by atoms with Gasteiger partial charge in [-0.2, -0.15) is 0 Å². The van der Waals surface area contributed by atoms with Crippen molar-refractivity contribution in [1.82, 2.24) is 5.32 Å². The second-order valence-corrected chi connectivity index (χ2v) is 8.73. The van der Waals surface area contributed by atoms with E-state index in [4.69, 9.17) is 5.73 Å². The lowest BCUT2D eigenvalue weighted by molar-refractivity contribution is -0.136. The first-order valence-corrected chi connectivity index (χ1v) is 11.3. The molecule has 0 spiro atoms. The van der Waals surface area contributed by atoms with Crippen LogP contribution in [-0.4, -0.2) is 42.1 Å². The number of carbonyl (C=O) groups is 3. The number of nitrogens with zero attached hydrogens (tertiary/aromatic N) is 2. The molecule has 3 aromatic carbocycles. The van der Waals surface area contributed by atoms with Crippen molar-refractivity contribution in [3.8, 4) is 0 Å². The Labute approximate surface area is 210 Å². The zero-order valence-corrected chi connectivity index (χ0v) is 20.0. The van der Waals surface area contributed by atoms with Crippen LogP contribution in [0, 0.1) is 17.5 Å². The van der Waals surface area contributed by atoms with Gasteiger partial charge in [0, 0.05) is 24.2 Å². The Kier molecular flexibility index (Phi) is 6.95. The first-order chi connectivity index (χ1) is 17.5. The van der Waals surface area contributed by atoms with Gasteiger partial charge in [-0.05, 0) is 42.8 Å². The van der Waals surface area contributed by atoms with E-state index in [1.54, 1.807) is 30.3 Å². The van der Waals surface area contributed by atoms with Crippen LogP contribution in [0.1, 0.15) is 23.6 Å². The number of aliphatic imine (C=N–C) groups is 1. The highest BCUT2D eigenvalue weighted by molar-refractivity contribution is 6.26. The topological polar surface area (TPSA) is 105 Å². The number of Topliss-reactive ketones (excluding diaryl/α,β-unsaturated/α-hetero) is 1. The Hall–Kier alpha value is -4.31. The molecule has 7 nitrogen and oxygen atoms in total. The van der Waals surface area contributed by atoms with E-state index >= 15 is 0 Å². The molecule has 4 rings (SSSR count). The summed E-state index contributed by atoms with van der Waals surface area (Å²) in [5.74, 6) is -4.75. The number of nitrogens with one attached hydrogen (secondary N) is 1. The van der Waals surface area contributed by atoms with Crippen LogP contribution in [0.4, 0.5) is 18.9 Å². The number of likely N-dealkylation sites (N-methyl/N-ethyl adjacent to an activating group) is 1. The van der Waals surface area contributed by atoms with Gasteiger partial charge in [-0.3, -0.25) is 20.1 Å². The van der Waals surface area contributed by atoms with Gasteiger partial charge >= 0.3 is 0 Å². The van der Waals surface area contributed by atoms with E-state index in [-0.39, 0.29) is 11.3 Å². The van der Waals surface area contributed by atoms with E-state index in [2.05, 4.69) is 10.3 Å². The van der Waals surface area contributed by atoms with Gasteiger partial charge < -0.3 is 10.2 Å². The van der Waals surface area contributed by atoms with Crippen LogP contribution in [-0.2, 0) is 20.8 Å². The number of anilines is 1. The number of benzene rings is 3. The van der Waals surface area contributed by atoms with Crippen molar-refractivity contribution in [1.29, 1.82) is 0 Å². The first kappa shape index (κ1) is 25.8. The normalized spacial score (nSPS) is 17.9. The molecule has 1 heterocycles. The monoisotopic (exact) mass is 508 g/mol. The highest BCUT2D eigenvalue weighted by Crippen LogP contribution is 2.30. The summed E-state index contributed by atoms with van der Waals surface area (Å²) < 4.78 is 41.0. The molecule has 3 N–H and O–H groups in total. The molecule has 10 heteroatoms. The van der Waals surface area contributed by atoms with Gasteiger partial charge in [0.2, 0.25) is 17.4 Å². The van der Waals surface area contributed by atoms with Gasteiger partial charge in [-0.25, -0.2) is 18.2 Å². The molecule has 1 aliphatic rings. The lowest BCUT2D eigenvalue weighted by atomic mass is 9.97. The number of ketones is 1. The SMILES string of the molecule is C[C@H](NC(=O)Cc1cc(F)cc(F)c1)C(=O)C1(N)N=C(c2cccc(F)c2)c2ccccc2N(C)C1=O. The molecule has 0 aliphatic carbocycles. The summed E-state index contributed by atoms with van der Waals surface area (Å²) in [4.78, 5) is 45.1. The minimum atomic E-state index is -2.47. The maximum absolute atomic E-state index is 14.1. The maximum Gasteiger partial charge on any atom is 0.277 e. The molecule has 1 unspecified atom stereocenters. The molecule has 0 radical (unpaired) electrons. The van der Waals surface area contributed by atoms with E-state index < -0.39 is 53.2 Å². The quantitative estimate of drug-likeness (QED) is 0.500. The summed E-state index contributed by atoms with van der Waals surface area (Å²) in [5.41, 5.74) is 5.25. The number of carbonyl (C=O) groups excluding carboxylic acids is 3. The number of rotatable bonds is 6.